The molecule has 0 amide bonds. The number of halogens is 1. The summed E-state index contributed by atoms with van der Waals surface area (Å²) in [6.07, 6.45) is 0.864. The normalized spacial score (nSPS) is 12.0. The molecule has 1 aromatic rings. The van der Waals surface area contributed by atoms with Crippen molar-refractivity contribution in [2.24, 2.45) is 0 Å². The molecule has 0 spiro atoms. The highest BCUT2D eigenvalue weighted by molar-refractivity contribution is 7.09. The quantitative estimate of drug-likeness (QED) is 0.809. The number of nitrogens with zero attached hydrogens (tertiary/aromatic N) is 1. The molecule has 0 aliphatic rings. The van der Waals surface area contributed by atoms with E-state index in [2.05, 4.69) is 10.3 Å². The summed E-state index contributed by atoms with van der Waals surface area (Å²) in [5.41, 5.74) is -0.331. The second-order valence-corrected chi connectivity index (χ2v) is 4.33. The van der Waals surface area contributed by atoms with E-state index >= 15 is 0 Å². The molecule has 0 radical (unpaired) electrons. The summed E-state index contributed by atoms with van der Waals surface area (Å²) >= 11 is 1.39. The maximum absolute atomic E-state index is 13.4. The standard InChI is InChI=1S/C9H15FN2S/c1-9(2,10)8-12-7(6-13-8)4-5-11-3/h6,11H,4-5H2,1-3H3. The fourth-order valence-electron chi connectivity index (χ4n) is 0.948. The van der Waals surface area contributed by atoms with Gasteiger partial charge in [0.15, 0.2) is 5.67 Å². The van der Waals surface area contributed by atoms with E-state index in [0.717, 1.165) is 18.7 Å². The van der Waals surface area contributed by atoms with E-state index in [4.69, 9.17) is 0 Å². The number of aromatic nitrogens is 1. The Balaban J connectivity index is 2.64. The molecule has 0 saturated heterocycles. The smallest absolute Gasteiger partial charge is 0.156 e. The number of alkyl halides is 1. The van der Waals surface area contributed by atoms with Crippen LogP contribution in [0, 0.1) is 0 Å². The number of likely N-dealkylation sites (N-methyl/N-ethyl adjacent to an activating group) is 1. The van der Waals surface area contributed by atoms with Crippen LogP contribution in [-0.2, 0) is 12.1 Å². The molecule has 0 aliphatic carbocycles. The van der Waals surface area contributed by atoms with E-state index in [0.29, 0.717) is 5.01 Å². The minimum Gasteiger partial charge on any atom is -0.319 e. The Morgan fingerprint density at radius 3 is 2.77 bits per heavy atom. The fourth-order valence-corrected chi connectivity index (χ4v) is 1.82. The molecule has 74 valence electrons. The minimum absolute atomic E-state index is 0.568. The van der Waals surface area contributed by atoms with Gasteiger partial charge in [-0.1, -0.05) is 0 Å². The van der Waals surface area contributed by atoms with Crippen LogP contribution in [0.5, 0.6) is 0 Å². The van der Waals surface area contributed by atoms with Crippen LogP contribution in [0.1, 0.15) is 24.5 Å². The van der Waals surface area contributed by atoms with Gasteiger partial charge in [-0.25, -0.2) is 9.37 Å². The van der Waals surface area contributed by atoms with Crippen LogP contribution >= 0.6 is 11.3 Å². The molecule has 0 fully saturated rings. The monoisotopic (exact) mass is 202 g/mol. The summed E-state index contributed by atoms with van der Waals surface area (Å²) < 4.78 is 13.4. The van der Waals surface area contributed by atoms with Crippen molar-refractivity contribution in [1.82, 2.24) is 10.3 Å². The van der Waals surface area contributed by atoms with Crippen molar-refractivity contribution in [3.8, 4) is 0 Å². The van der Waals surface area contributed by atoms with Crippen LogP contribution in [0.15, 0.2) is 5.38 Å². The van der Waals surface area contributed by atoms with Gasteiger partial charge in [0, 0.05) is 18.3 Å². The van der Waals surface area contributed by atoms with Gasteiger partial charge in [0.25, 0.3) is 0 Å². The third-order valence-electron chi connectivity index (χ3n) is 1.69. The summed E-state index contributed by atoms with van der Waals surface area (Å²) in [4.78, 5) is 4.22. The van der Waals surface area contributed by atoms with E-state index in [1.807, 2.05) is 12.4 Å². The van der Waals surface area contributed by atoms with Gasteiger partial charge in [-0.3, -0.25) is 0 Å². The van der Waals surface area contributed by atoms with Gasteiger partial charge in [0.2, 0.25) is 0 Å². The fraction of sp³-hybridized carbons (Fsp3) is 0.667. The highest BCUT2D eigenvalue weighted by atomic mass is 32.1. The molecule has 0 aliphatic heterocycles. The van der Waals surface area contributed by atoms with Gasteiger partial charge < -0.3 is 5.32 Å². The highest BCUT2D eigenvalue weighted by Gasteiger charge is 2.22. The molecule has 0 aromatic carbocycles. The third kappa shape index (κ3) is 3.04. The van der Waals surface area contributed by atoms with Crippen LogP contribution in [0.4, 0.5) is 4.39 Å². The predicted octanol–water partition coefficient (Wildman–Crippen LogP) is 2.11. The molecule has 1 aromatic heterocycles. The molecular weight excluding hydrogens is 187 g/mol. The van der Waals surface area contributed by atoms with Gasteiger partial charge in [0.05, 0.1) is 5.69 Å². The van der Waals surface area contributed by atoms with Crippen molar-refractivity contribution >= 4 is 11.3 Å². The Labute approximate surface area is 82.2 Å². The summed E-state index contributed by atoms with van der Waals surface area (Å²) in [6.45, 7) is 3.96. The van der Waals surface area contributed by atoms with Gasteiger partial charge in [-0.2, -0.15) is 0 Å². The van der Waals surface area contributed by atoms with Crippen molar-refractivity contribution < 1.29 is 4.39 Å². The van der Waals surface area contributed by atoms with Crippen molar-refractivity contribution in [2.75, 3.05) is 13.6 Å². The van der Waals surface area contributed by atoms with Crippen LogP contribution in [0.3, 0.4) is 0 Å². The first-order chi connectivity index (χ1) is 6.04. The lowest BCUT2D eigenvalue weighted by atomic mass is 10.2. The van der Waals surface area contributed by atoms with Crippen LogP contribution < -0.4 is 5.32 Å². The Kier molecular flexibility index (Phi) is 3.39. The molecule has 0 atom stereocenters. The number of hydrogen-bond donors (Lipinski definition) is 1. The maximum atomic E-state index is 13.4. The molecule has 4 heteroatoms. The van der Waals surface area contributed by atoms with Crippen molar-refractivity contribution in [3.05, 3.63) is 16.1 Å². The Hall–Kier alpha value is -0.480. The van der Waals surface area contributed by atoms with Gasteiger partial charge in [0.1, 0.15) is 5.01 Å². The van der Waals surface area contributed by atoms with Crippen molar-refractivity contribution in [2.45, 2.75) is 25.9 Å². The van der Waals surface area contributed by atoms with E-state index in [1.165, 1.54) is 25.2 Å². The number of nitrogens with one attached hydrogen (secondary N) is 1. The molecule has 1 N–H and O–H groups in total. The van der Waals surface area contributed by atoms with Gasteiger partial charge in [-0.05, 0) is 20.9 Å². The van der Waals surface area contributed by atoms with E-state index in [1.54, 1.807) is 0 Å². The zero-order valence-corrected chi connectivity index (χ0v) is 9.04. The largest absolute Gasteiger partial charge is 0.319 e. The molecule has 1 rings (SSSR count). The van der Waals surface area contributed by atoms with Gasteiger partial charge >= 0.3 is 0 Å². The first-order valence-corrected chi connectivity index (χ1v) is 5.20. The summed E-state index contributed by atoms with van der Waals surface area (Å²) in [5.74, 6) is 0. The number of hydrogen-bond acceptors (Lipinski definition) is 3. The Morgan fingerprint density at radius 2 is 2.31 bits per heavy atom. The lowest BCUT2D eigenvalue weighted by Crippen LogP contribution is -2.12. The maximum Gasteiger partial charge on any atom is 0.156 e. The number of rotatable bonds is 4. The van der Waals surface area contributed by atoms with E-state index in [9.17, 15) is 4.39 Å². The van der Waals surface area contributed by atoms with Crippen molar-refractivity contribution in [3.63, 3.8) is 0 Å². The Morgan fingerprint density at radius 1 is 1.62 bits per heavy atom. The molecule has 0 bridgehead atoms. The highest BCUT2D eigenvalue weighted by Crippen LogP contribution is 2.27. The first kappa shape index (κ1) is 10.6. The molecule has 1 heterocycles. The molecule has 13 heavy (non-hydrogen) atoms. The zero-order chi connectivity index (χ0) is 9.90. The molecule has 2 nitrogen and oxygen atoms in total. The van der Waals surface area contributed by atoms with E-state index < -0.39 is 5.67 Å². The van der Waals surface area contributed by atoms with Gasteiger partial charge in [-0.15, -0.1) is 11.3 Å². The zero-order valence-electron chi connectivity index (χ0n) is 8.22. The van der Waals surface area contributed by atoms with Crippen LogP contribution in [-0.4, -0.2) is 18.6 Å². The minimum atomic E-state index is -1.30. The average Bonchev–Trinajstić information content (AvgIpc) is 2.47. The lowest BCUT2D eigenvalue weighted by Gasteiger charge is -2.08. The molecular formula is C9H15FN2S. The predicted molar refractivity (Wildman–Crippen MR) is 53.9 cm³/mol. The SMILES string of the molecule is CNCCc1csc(C(C)(C)F)n1. The second kappa shape index (κ2) is 4.15. The summed E-state index contributed by atoms with van der Waals surface area (Å²) in [6, 6.07) is 0. The van der Waals surface area contributed by atoms with Crippen LogP contribution in [0.25, 0.3) is 0 Å². The first-order valence-electron chi connectivity index (χ1n) is 4.32. The number of thiazole rings is 1. The lowest BCUT2D eigenvalue weighted by molar-refractivity contribution is 0.220. The third-order valence-corrected chi connectivity index (χ3v) is 2.88. The topological polar surface area (TPSA) is 24.9 Å². The molecule has 0 unspecified atom stereocenters. The Bertz CT molecular complexity index is 265. The summed E-state index contributed by atoms with van der Waals surface area (Å²) in [5, 5.41) is 5.53. The van der Waals surface area contributed by atoms with Crippen LogP contribution in [0.2, 0.25) is 0 Å². The average molecular weight is 202 g/mol. The van der Waals surface area contributed by atoms with Crippen molar-refractivity contribution in [1.29, 1.82) is 0 Å². The van der Waals surface area contributed by atoms with E-state index in [-0.39, 0.29) is 0 Å². The summed E-state index contributed by atoms with van der Waals surface area (Å²) in [7, 11) is 1.90. The second-order valence-electron chi connectivity index (χ2n) is 3.47. The molecule has 0 saturated carbocycles.